The van der Waals surface area contributed by atoms with Gasteiger partial charge in [0.2, 0.25) is 0 Å². The zero-order chi connectivity index (χ0) is 17.0. The third-order valence-corrected chi connectivity index (χ3v) is 4.43. The topological polar surface area (TPSA) is 77.5 Å². The van der Waals surface area contributed by atoms with Gasteiger partial charge in [0.05, 0.1) is 25.0 Å². The predicted octanol–water partition coefficient (Wildman–Crippen LogP) is 3.65. The molecule has 0 unspecified atom stereocenters. The van der Waals surface area contributed by atoms with Gasteiger partial charge in [-0.2, -0.15) is 0 Å². The molecule has 0 radical (unpaired) electrons. The molecule has 1 amide bonds. The number of hydrogen-bond acceptors (Lipinski definition) is 6. The van der Waals surface area contributed by atoms with Gasteiger partial charge >= 0.3 is 5.97 Å². The zero-order valence-corrected chi connectivity index (χ0v) is 15.2. The number of halogens is 1. The Morgan fingerprint density at radius 3 is 2.78 bits per heavy atom. The van der Waals surface area contributed by atoms with Crippen LogP contribution in [0.1, 0.15) is 32.6 Å². The number of anilines is 1. The maximum atomic E-state index is 12.4. The number of esters is 1. The number of nitrogens with zero attached hydrogens (tertiary/aromatic N) is 1. The van der Waals surface area contributed by atoms with Gasteiger partial charge in [0.1, 0.15) is 10.6 Å². The Bertz CT molecular complexity index is 745. The Hall–Kier alpha value is -1.93. The largest absolute Gasteiger partial charge is 0.496 e. The van der Waals surface area contributed by atoms with Gasteiger partial charge < -0.3 is 9.47 Å². The second-order valence-corrected chi connectivity index (χ2v) is 6.37. The van der Waals surface area contributed by atoms with Crippen LogP contribution in [-0.4, -0.2) is 30.6 Å². The van der Waals surface area contributed by atoms with Gasteiger partial charge in [-0.05, 0) is 32.0 Å². The highest BCUT2D eigenvalue weighted by molar-refractivity contribution is 9.10. The average molecular weight is 399 g/mol. The highest BCUT2D eigenvalue weighted by Crippen LogP contribution is 2.27. The van der Waals surface area contributed by atoms with E-state index < -0.39 is 5.97 Å². The Morgan fingerprint density at radius 1 is 1.39 bits per heavy atom. The quantitative estimate of drug-likeness (QED) is 0.777. The molecule has 6 nitrogen and oxygen atoms in total. The van der Waals surface area contributed by atoms with Crippen molar-refractivity contribution in [1.82, 2.24) is 4.98 Å². The standard InChI is InChI=1S/C15H15BrN2O4S/c1-4-22-14(20)12-8(2)17-15(23-12)18-13(19)10-7-9(16)5-6-11(10)21-3/h5-7H,4H2,1-3H3,(H,17,18,19). The van der Waals surface area contributed by atoms with E-state index in [1.807, 2.05) is 0 Å². The summed E-state index contributed by atoms with van der Waals surface area (Å²) in [6.07, 6.45) is 0. The highest BCUT2D eigenvalue weighted by atomic mass is 79.9. The van der Waals surface area contributed by atoms with Crippen molar-refractivity contribution >= 4 is 44.3 Å². The van der Waals surface area contributed by atoms with Crippen molar-refractivity contribution in [1.29, 1.82) is 0 Å². The number of carbonyl (C=O) groups is 2. The SMILES string of the molecule is CCOC(=O)c1sc(NC(=O)c2cc(Br)ccc2OC)nc1C. The normalized spacial score (nSPS) is 10.3. The van der Waals surface area contributed by atoms with Crippen LogP contribution in [0.4, 0.5) is 5.13 Å². The van der Waals surface area contributed by atoms with Crippen molar-refractivity contribution < 1.29 is 19.1 Å². The number of benzene rings is 1. The summed E-state index contributed by atoms with van der Waals surface area (Å²) >= 11 is 4.40. The van der Waals surface area contributed by atoms with Crippen LogP contribution in [0.2, 0.25) is 0 Å². The fourth-order valence-electron chi connectivity index (χ4n) is 1.86. The van der Waals surface area contributed by atoms with E-state index in [1.54, 1.807) is 32.0 Å². The van der Waals surface area contributed by atoms with E-state index in [-0.39, 0.29) is 12.5 Å². The van der Waals surface area contributed by atoms with Crippen molar-refractivity contribution in [3.05, 3.63) is 38.8 Å². The Morgan fingerprint density at radius 2 is 2.13 bits per heavy atom. The van der Waals surface area contributed by atoms with Gasteiger partial charge in [-0.3, -0.25) is 10.1 Å². The van der Waals surface area contributed by atoms with Crippen molar-refractivity contribution in [2.45, 2.75) is 13.8 Å². The minimum absolute atomic E-state index is 0.285. The first kappa shape index (κ1) is 17.4. The van der Waals surface area contributed by atoms with Crippen LogP contribution in [0.5, 0.6) is 5.75 Å². The smallest absolute Gasteiger partial charge is 0.350 e. The molecule has 1 aromatic carbocycles. The summed E-state index contributed by atoms with van der Waals surface area (Å²) in [7, 11) is 1.49. The summed E-state index contributed by atoms with van der Waals surface area (Å²) in [6, 6.07) is 5.12. The number of aryl methyl sites for hydroxylation is 1. The second-order valence-electron chi connectivity index (χ2n) is 4.45. The van der Waals surface area contributed by atoms with Gasteiger partial charge in [-0.25, -0.2) is 9.78 Å². The van der Waals surface area contributed by atoms with Crippen LogP contribution in [0.15, 0.2) is 22.7 Å². The average Bonchev–Trinajstić information content (AvgIpc) is 2.88. The van der Waals surface area contributed by atoms with E-state index in [4.69, 9.17) is 9.47 Å². The van der Waals surface area contributed by atoms with E-state index in [1.165, 1.54) is 7.11 Å². The summed E-state index contributed by atoms with van der Waals surface area (Å²) in [5.41, 5.74) is 0.886. The van der Waals surface area contributed by atoms with Crippen molar-refractivity contribution in [3.63, 3.8) is 0 Å². The monoisotopic (exact) mass is 398 g/mol. The van der Waals surface area contributed by atoms with Crippen LogP contribution in [0, 0.1) is 6.92 Å². The molecule has 0 aliphatic rings. The molecule has 0 aliphatic heterocycles. The van der Waals surface area contributed by atoms with E-state index in [9.17, 15) is 9.59 Å². The first-order chi connectivity index (χ1) is 11.0. The molecular weight excluding hydrogens is 384 g/mol. The van der Waals surface area contributed by atoms with E-state index in [2.05, 4.69) is 26.2 Å². The number of carbonyl (C=O) groups excluding carboxylic acids is 2. The molecule has 0 spiro atoms. The Kier molecular flexibility index (Phi) is 5.73. The van der Waals surface area contributed by atoms with Crippen molar-refractivity contribution in [2.24, 2.45) is 0 Å². The summed E-state index contributed by atoms with van der Waals surface area (Å²) in [4.78, 5) is 28.8. The maximum Gasteiger partial charge on any atom is 0.350 e. The molecule has 0 saturated heterocycles. The van der Waals surface area contributed by atoms with Crippen LogP contribution in [0.3, 0.4) is 0 Å². The van der Waals surface area contributed by atoms with E-state index in [0.717, 1.165) is 15.8 Å². The van der Waals surface area contributed by atoms with Crippen LogP contribution in [0.25, 0.3) is 0 Å². The summed E-state index contributed by atoms with van der Waals surface area (Å²) in [5.74, 6) is -0.361. The molecule has 2 rings (SSSR count). The molecular formula is C15H15BrN2O4S. The summed E-state index contributed by atoms with van der Waals surface area (Å²) < 4.78 is 10.9. The lowest BCUT2D eigenvalue weighted by atomic mass is 10.2. The lowest BCUT2D eigenvalue weighted by molar-refractivity contribution is 0.0531. The maximum absolute atomic E-state index is 12.4. The van der Waals surface area contributed by atoms with Gasteiger partial charge in [-0.1, -0.05) is 27.3 Å². The molecule has 1 heterocycles. The van der Waals surface area contributed by atoms with Gasteiger partial charge in [0, 0.05) is 4.47 Å². The van der Waals surface area contributed by atoms with Gasteiger partial charge in [0.15, 0.2) is 5.13 Å². The third kappa shape index (κ3) is 4.08. The van der Waals surface area contributed by atoms with Gasteiger partial charge in [0.25, 0.3) is 5.91 Å². The molecule has 1 aromatic heterocycles. The van der Waals surface area contributed by atoms with Crippen molar-refractivity contribution in [3.8, 4) is 5.75 Å². The van der Waals surface area contributed by atoms with Gasteiger partial charge in [-0.15, -0.1) is 0 Å². The van der Waals surface area contributed by atoms with Crippen LogP contribution < -0.4 is 10.1 Å². The first-order valence-corrected chi connectivity index (χ1v) is 8.36. The highest BCUT2D eigenvalue weighted by Gasteiger charge is 2.19. The lowest BCUT2D eigenvalue weighted by Crippen LogP contribution is -2.13. The third-order valence-electron chi connectivity index (χ3n) is 2.88. The fourth-order valence-corrected chi connectivity index (χ4v) is 3.07. The molecule has 0 aliphatic carbocycles. The number of thiazole rings is 1. The Labute approximate surface area is 146 Å². The number of ether oxygens (including phenoxy) is 2. The second kappa shape index (κ2) is 7.56. The summed E-state index contributed by atoms with van der Waals surface area (Å²) in [5, 5.41) is 3.01. The minimum atomic E-state index is -0.442. The number of aromatic nitrogens is 1. The number of nitrogens with one attached hydrogen (secondary N) is 1. The number of rotatable bonds is 5. The molecule has 0 fully saturated rings. The van der Waals surface area contributed by atoms with E-state index >= 15 is 0 Å². The number of methoxy groups -OCH3 is 1. The Balaban J connectivity index is 2.23. The van der Waals surface area contributed by atoms with E-state index in [0.29, 0.717) is 27.0 Å². The number of hydrogen-bond donors (Lipinski definition) is 1. The van der Waals surface area contributed by atoms with Crippen LogP contribution in [-0.2, 0) is 4.74 Å². The predicted molar refractivity (Wildman–Crippen MR) is 91.5 cm³/mol. The molecule has 122 valence electrons. The first-order valence-electron chi connectivity index (χ1n) is 6.75. The van der Waals surface area contributed by atoms with Crippen molar-refractivity contribution in [2.75, 3.05) is 19.0 Å². The molecule has 23 heavy (non-hydrogen) atoms. The molecule has 0 saturated carbocycles. The zero-order valence-electron chi connectivity index (χ0n) is 12.8. The molecule has 2 aromatic rings. The fraction of sp³-hybridized carbons (Fsp3) is 0.267. The molecule has 8 heteroatoms. The van der Waals surface area contributed by atoms with Crippen LogP contribution >= 0.6 is 27.3 Å². The molecule has 1 N–H and O–H groups in total. The molecule has 0 atom stereocenters. The molecule has 0 bridgehead atoms. The lowest BCUT2D eigenvalue weighted by Gasteiger charge is -2.08. The number of amides is 1. The summed E-state index contributed by atoms with van der Waals surface area (Å²) in [6.45, 7) is 3.71. The minimum Gasteiger partial charge on any atom is -0.496 e.